The molecule has 1 atom stereocenters. The summed E-state index contributed by atoms with van der Waals surface area (Å²) in [6.45, 7) is 1.83. The van der Waals surface area contributed by atoms with Crippen LogP contribution < -0.4 is 5.32 Å². The van der Waals surface area contributed by atoms with E-state index in [0.717, 1.165) is 12.1 Å². The molecule has 2 amide bonds. The molecule has 108 valence electrons. The fraction of sp³-hybridized carbons (Fsp3) is 0.385. The predicted molar refractivity (Wildman–Crippen MR) is 66.8 cm³/mol. The molecule has 0 aromatic heterocycles. The standard InChI is InChI=1S/C13H14F2N2O3/c1-13(20)5-6-17(7-13)12(19)11(18)16-9-4-2-3-8(14)10(9)15/h2-4,20H,5-7H2,1H3,(H,16,18). The van der Waals surface area contributed by atoms with Gasteiger partial charge in [0.25, 0.3) is 0 Å². The van der Waals surface area contributed by atoms with Crippen LogP contribution in [0.3, 0.4) is 0 Å². The Morgan fingerprint density at radius 1 is 1.40 bits per heavy atom. The molecule has 1 aromatic rings. The van der Waals surface area contributed by atoms with Gasteiger partial charge < -0.3 is 15.3 Å². The molecule has 1 heterocycles. The van der Waals surface area contributed by atoms with Gasteiger partial charge in [0.05, 0.1) is 11.3 Å². The molecular formula is C13H14F2N2O3. The van der Waals surface area contributed by atoms with Crippen LogP contribution in [-0.2, 0) is 9.59 Å². The molecule has 1 saturated heterocycles. The first kappa shape index (κ1) is 14.4. The van der Waals surface area contributed by atoms with Crippen LogP contribution in [0.25, 0.3) is 0 Å². The van der Waals surface area contributed by atoms with Crippen molar-refractivity contribution in [1.29, 1.82) is 0 Å². The smallest absolute Gasteiger partial charge is 0.313 e. The van der Waals surface area contributed by atoms with E-state index in [4.69, 9.17) is 0 Å². The van der Waals surface area contributed by atoms with Crippen molar-refractivity contribution in [3.63, 3.8) is 0 Å². The second-order valence-corrected chi connectivity index (χ2v) is 5.03. The lowest BCUT2D eigenvalue weighted by molar-refractivity contribution is -0.142. The van der Waals surface area contributed by atoms with Crippen LogP contribution in [0.1, 0.15) is 13.3 Å². The van der Waals surface area contributed by atoms with Gasteiger partial charge in [-0.3, -0.25) is 9.59 Å². The third-order valence-electron chi connectivity index (χ3n) is 3.13. The minimum absolute atomic E-state index is 0.0326. The van der Waals surface area contributed by atoms with E-state index >= 15 is 0 Å². The third-order valence-corrected chi connectivity index (χ3v) is 3.13. The highest BCUT2D eigenvalue weighted by molar-refractivity contribution is 6.39. The van der Waals surface area contributed by atoms with Crippen molar-refractivity contribution in [1.82, 2.24) is 4.90 Å². The maximum Gasteiger partial charge on any atom is 0.313 e. The summed E-state index contributed by atoms with van der Waals surface area (Å²) >= 11 is 0. The number of rotatable bonds is 1. The van der Waals surface area contributed by atoms with Gasteiger partial charge in [-0.1, -0.05) is 6.07 Å². The van der Waals surface area contributed by atoms with Gasteiger partial charge in [-0.15, -0.1) is 0 Å². The summed E-state index contributed by atoms with van der Waals surface area (Å²) in [5.74, 6) is -4.28. The molecule has 1 fully saturated rings. The van der Waals surface area contributed by atoms with Gasteiger partial charge in [-0.2, -0.15) is 0 Å². The number of likely N-dealkylation sites (tertiary alicyclic amines) is 1. The monoisotopic (exact) mass is 284 g/mol. The van der Waals surface area contributed by atoms with Crippen LogP contribution in [0.2, 0.25) is 0 Å². The molecule has 0 bridgehead atoms. The number of hydrogen-bond donors (Lipinski definition) is 2. The highest BCUT2D eigenvalue weighted by Gasteiger charge is 2.36. The quantitative estimate of drug-likeness (QED) is 0.752. The zero-order valence-electron chi connectivity index (χ0n) is 10.8. The molecule has 20 heavy (non-hydrogen) atoms. The van der Waals surface area contributed by atoms with Gasteiger partial charge in [0.1, 0.15) is 0 Å². The first-order chi connectivity index (χ1) is 9.30. The van der Waals surface area contributed by atoms with Crippen molar-refractivity contribution in [2.75, 3.05) is 18.4 Å². The molecule has 5 nitrogen and oxygen atoms in total. The molecule has 1 aliphatic rings. The summed E-state index contributed by atoms with van der Waals surface area (Å²) in [7, 11) is 0. The van der Waals surface area contributed by atoms with Crippen LogP contribution in [0.15, 0.2) is 18.2 Å². The first-order valence-electron chi connectivity index (χ1n) is 6.07. The van der Waals surface area contributed by atoms with E-state index in [2.05, 4.69) is 0 Å². The number of benzene rings is 1. The van der Waals surface area contributed by atoms with Crippen molar-refractivity contribution in [3.8, 4) is 0 Å². The van der Waals surface area contributed by atoms with E-state index < -0.39 is 34.7 Å². The predicted octanol–water partition coefficient (Wildman–Crippen LogP) is 0.887. The molecule has 0 spiro atoms. The van der Waals surface area contributed by atoms with Crippen LogP contribution in [0, 0.1) is 11.6 Å². The Balaban J connectivity index is 2.05. The molecule has 0 aliphatic carbocycles. The van der Waals surface area contributed by atoms with Crippen LogP contribution in [0.4, 0.5) is 14.5 Å². The number of halogens is 2. The topological polar surface area (TPSA) is 69.6 Å². The van der Waals surface area contributed by atoms with E-state index in [-0.39, 0.29) is 13.1 Å². The molecule has 2 N–H and O–H groups in total. The Hall–Kier alpha value is -2.02. The number of hydrogen-bond acceptors (Lipinski definition) is 3. The highest BCUT2D eigenvalue weighted by Crippen LogP contribution is 2.21. The van der Waals surface area contributed by atoms with Gasteiger partial charge in [0.2, 0.25) is 0 Å². The average Bonchev–Trinajstić information content (AvgIpc) is 2.74. The molecule has 2 rings (SSSR count). The summed E-state index contributed by atoms with van der Waals surface area (Å²) in [4.78, 5) is 24.7. The third kappa shape index (κ3) is 2.93. The molecule has 0 saturated carbocycles. The number of carbonyl (C=O) groups is 2. The molecule has 1 aliphatic heterocycles. The van der Waals surface area contributed by atoms with Gasteiger partial charge in [-0.05, 0) is 25.5 Å². The molecular weight excluding hydrogens is 270 g/mol. The van der Waals surface area contributed by atoms with Gasteiger partial charge >= 0.3 is 11.8 Å². The van der Waals surface area contributed by atoms with Crippen LogP contribution >= 0.6 is 0 Å². The zero-order valence-corrected chi connectivity index (χ0v) is 10.8. The normalized spacial score (nSPS) is 21.9. The molecule has 0 radical (unpaired) electrons. The van der Waals surface area contributed by atoms with Crippen molar-refractivity contribution in [2.45, 2.75) is 18.9 Å². The van der Waals surface area contributed by atoms with Crippen molar-refractivity contribution < 1.29 is 23.5 Å². The largest absolute Gasteiger partial charge is 0.388 e. The van der Waals surface area contributed by atoms with E-state index in [1.54, 1.807) is 6.92 Å². The SMILES string of the molecule is CC1(O)CCN(C(=O)C(=O)Nc2cccc(F)c2F)C1. The highest BCUT2D eigenvalue weighted by atomic mass is 19.2. The number of carbonyl (C=O) groups excluding carboxylic acids is 2. The molecule has 7 heteroatoms. The second-order valence-electron chi connectivity index (χ2n) is 5.03. The summed E-state index contributed by atoms with van der Waals surface area (Å²) in [5.41, 5.74) is -1.42. The Labute approximate surface area is 114 Å². The summed E-state index contributed by atoms with van der Waals surface area (Å²) < 4.78 is 26.3. The minimum Gasteiger partial charge on any atom is -0.388 e. The fourth-order valence-electron chi connectivity index (χ4n) is 2.04. The fourth-order valence-corrected chi connectivity index (χ4v) is 2.04. The van der Waals surface area contributed by atoms with Crippen molar-refractivity contribution >= 4 is 17.5 Å². The van der Waals surface area contributed by atoms with Crippen molar-refractivity contribution in [2.24, 2.45) is 0 Å². The lowest BCUT2D eigenvalue weighted by Crippen LogP contribution is -2.40. The van der Waals surface area contributed by atoms with Gasteiger partial charge in [0.15, 0.2) is 11.6 Å². The van der Waals surface area contributed by atoms with Crippen LogP contribution in [-0.4, -0.2) is 40.5 Å². The number of aliphatic hydroxyl groups is 1. The Morgan fingerprint density at radius 3 is 2.70 bits per heavy atom. The lowest BCUT2D eigenvalue weighted by atomic mass is 10.1. The first-order valence-corrected chi connectivity index (χ1v) is 6.07. The summed E-state index contributed by atoms with van der Waals surface area (Å²) in [6, 6.07) is 3.29. The number of β-amino-alcohol motifs (C(OH)–C–C–N with tert-alkyl or cyclic N) is 1. The van der Waals surface area contributed by atoms with E-state index in [1.807, 2.05) is 5.32 Å². The lowest BCUT2D eigenvalue weighted by Gasteiger charge is -2.18. The van der Waals surface area contributed by atoms with Gasteiger partial charge in [-0.25, -0.2) is 8.78 Å². The Morgan fingerprint density at radius 2 is 2.10 bits per heavy atom. The van der Waals surface area contributed by atoms with E-state index in [1.165, 1.54) is 11.0 Å². The number of nitrogens with zero attached hydrogens (tertiary/aromatic N) is 1. The van der Waals surface area contributed by atoms with Crippen LogP contribution in [0.5, 0.6) is 0 Å². The van der Waals surface area contributed by atoms with E-state index in [0.29, 0.717) is 6.42 Å². The maximum atomic E-state index is 13.4. The molecule has 1 aromatic carbocycles. The minimum atomic E-state index is -1.22. The van der Waals surface area contributed by atoms with Crippen molar-refractivity contribution in [3.05, 3.63) is 29.8 Å². The Kier molecular flexibility index (Phi) is 3.71. The summed E-state index contributed by atoms with van der Waals surface area (Å²) in [6.07, 6.45) is 0.361. The summed E-state index contributed by atoms with van der Waals surface area (Å²) in [5, 5.41) is 11.8. The second kappa shape index (κ2) is 5.16. The maximum absolute atomic E-state index is 13.4. The zero-order chi connectivity index (χ0) is 14.9. The number of amides is 2. The average molecular weight is 284 g/mol. The van der Waals surface area contributed by atoms with Gasteiger partial charge in [0, 0.05) is 13.1 Å². The van der Waals surface area contributed by atoms with E-state index in [9.17, 15) is 23.5 Å². The number of nitrogens with one attached hydrogen (secondary N) is 1. The number of anilines is 1. The Bertz CT molecular complexity index is 561. The molecule has 1 unspecified atom stereocenters.